The monoisotopic (exact) mass is 289 g/mol. The van der Waals surface area contributed by atoms with Crippen LogP contribution in [0.5, 0.6) is 0 Å². The normalized spacial score (nSPS) is 20.0. The van der Waals surface area contributed by atoms with Crippen LogP contribution in [0.25, 0.3) is 10.2 Å². The summed E-state index contributed by atoms with van der Waals surface area (Å²) in [6.07, 6.45) is 1.72. The van der Waals surface area contributed by atoms with E-state index in [1.54, 1.807) is 6.20 Å². The van der Waals surface area contributed by atoms with Gasteiger partial charge in [-0.25, -0.2) is 4.98 Å². The fraction of sp³-hybridized carbons (Fsp3) is 0.467. The summed E-state index contributed by atoms with van der Waals surface area (Å²) in [7, 11) is 0. The van der Waals surface area contributed by atoms with Gasteiger partial charge >= 0.3 is 0 Å². The third-order valence-electron chi connectivity index (χ3n) is 5.01. The fourth-order valence-electron chi connectivity index (χ4n) is 2.87. The molecular weight excluding hydrogens is 270 g/mol. The molecular formula is C15H19N3OS. The number of amides is 1. The third-order valence-corrected chi connectivity index (χ3v) is 6.14. The highest BCUT2D eigenvalue weighted by Crippen LogP contribution is 2.62. The van der Waals surface area contributed by atoms with Crippen molar-refractivity contribution in [2.24, 2.45) is 10.8 Å². The number of rotatable bonds is 2. The van der Waals surface area contributed by atoms with Crippen LogP contribution in [0, 0.1) is 10.8 Å². The number of aromatic nitrogens is 1. The highest BCUT2D eigenvalue weighted by molar-refractivity contribution is 7.21. The van der Waals surface area contributed by atoms with Gasteiger partial charge in [0.05, 0.1) is 5.69 Å². The zero-order valence-electron chi connectivity index (χ0n) is 12.2. The number of thiophene rings is 1. The largest absolute Gasteiger partial charge is 0.397 e. The Morgan fingerprint density at radius 1 is 1.35 bits per heavy atom. The maximum atomic E-state index is 12.5. The predicted octanol–water partition coefficient (Wildman–Crippen LogP) is 3.04. The molecule has 2 aromatic rings. The maximum Gasteiger partial charge on any atom is 0.263 e. The second kappa shape index (κ2) is 3.95. The highest BCUT2D eigenvalue weighted by Gasteiger charge is 2.65. The van der Waals surface area contributed by atoms with Crippen LogP contribution in [0.2, 0.25) is 0 Å². The molecule has 2 heterocycles. The van der Waals surface area contributed by atoms with Gasteiger partial charge in [0.15, 0.2) is 0 Å². The van der Waals surface area contributed by atoms with Gasteiger partial charge in [-0.05, 0) is 23.0 Å². The van der Waals surface area contributed by atoms with Crippen LogP contribution >= 0.6 is 11.3 Å². The van der Waals surface area contributed by atoms with Crippen molar-refractivity contribution < 1.29 is 4.79 Å². The summed E-state index contributed by atoms with van der Waals surface area (Å²) in [6, 6.07) is 3.91. The Bertz CT molecular complexity index is 688. The summed E-state index contributed by atoms with van der Waals surface area (Å²) in [5, 5.41) is 3.97. The minimum atomic E-state index is -0.0888. The number of pyridine rings is 1. The van der Waals surface area contributed by atoms with Gasteiger partial charge in [0.25, 0.3) is 5.91 Å². The number of nitrogens with one attached hydrogen (secondary N) is 1. The first-order valence-electron chi connectivity index (χ1n) is 6.70. The van der Waals surface area contributed by atoms with E-state index >= 15 is 0 Å². The Morgan fingerprint density at radius 2 is 2.00 bits per heavy atom. The first-order chi connectivity index (χ1) is 9.26. The van der Waals surface area contributed by atoms with Gasteiger partial charge < -0.3 is 11.1 Å². The van der Waals surface area contributed by atoms with Gasteiger partial charge in [0.1, 0.15) is 9.71 Å². The molecule has 4 nitrogen and oxygen atoms in total. The lowest BCUT2D eigenvalue weighted by Crippen LogP contribution is -2.29. The van der Waals surface area contributed by atoms with Crippen molar-refractivity contribution in [1.29, 1.82) is 0 Å². The zero-order valence-corrected chi connectivity index (χ0v) is 13.0. The van der Waals surface area contributed by atoms with E-state index in [9.17, 15) is 4.79 Å². The van der Waals surface area contributed by atoms with Crippen LogP contribution < -0.4 is 11.1 Å². The molecule has 0 saturated heterocycles. The van der Waals surface area contributed by atoms with Crippen LogP contribution in [0.4, 0.5) is 5.69 Å². The summed E-state index contributed by atoms with van der Waals surface area (Å²) >= 11 is 1.35. The molecule has 0 aromatic carbocycles. The van der Waals surface area contributed by atoms with E-state index in [4.69, 9.17) is 5.73 Å². The minimum Gasteiger partial charge on any atom is -0.397 e. The van der Waals surface area contributed by atoms with Gasteiger partial charge in [-0.1, -0.05) is 27.7 Å². The lowest BCUT2D eigenvalue weighted by molar-refractivity contribution is 0.0948. The van der Waals surface area contributed by atoms with Crippen molar-refractivity contribution >= 4 is 33.1 Å². The fourth-order valence-corrected chi connectivity index (χ4v) is 3.84. The second-order valence-corrected chi connectivity index (χ2v) is 7.55. The van der Waals surface area contributed by atoms with E-state index < -0.39 is 0 Å². The molecule has 0 unspecified atom stereocenters. The Labute approximate surface area is 122 Å². The van der Waals surface area contributed by atoms with Gasteiger partial charge in [-0.2, -0.15) is 0 Å². The van der Waals surface area contributed by atoms with Gasteiger partial charge in [0, 0.05) is 17.6 Å². The first kappa shape index (κ1) is 13.4. The molecule has 1 aliphatic rings. The van der Waals surface area contributed by atoms with Crippen molar-refractivity contribution in [3.05, 3.63) is 23.2 Å². The van der Waals surface area contributed by atoms with Gasteiger partial charge in [-0.15, -0.1) is 11.3 Å². The number of carbonyl (C=O) groups excluding carboxylic acids is 1. The number of nitrogens with two attached hydrogens (primary N) is 1. The molecule has 1 saturated carbocycles. The van der Waals surface area contributed by atoms with Crippen molar-refractivity contribution in [2.45, 2.75) is 33.7 Å². The maximum absolute atomic E-state index is 12.5. The van der Waals surface area contributed by atoms with Crippen LogP contribution in [-0.2, 0) is 0 Å². The molecule has 0 atom stereocenters. The topological polar surface area (TPSA) is 68.0 Å². The quantitative estimate of drug-likeness (QED) is 0.893. The van der Waals surface area contributed by atoms with Crippen LogP contribution in [0.15, 0.2) is 18.3 Å². The molecule has 0 spiro atoms. The van der Waals surface area contributed by atoms with E-state index in [0.29, 0.717) is 10.6 Å². The Kier molecular flexibility index (Phi) is 2.64. The number of hydrogen-bond acceptors (Lipinski definition) is 4. The molecule has 3 rings (SSSR count). The number of nitrogens with zero attached hydrogens (tertiary/aromatic N) is 1. The van der Waals surface area contributed by atoms with E-state index in [2.05, 4.69) is 38.0 Å². The van der Waals surface area contributed by atoms with Crippen molar-refractivity contribution in [1.82, 2.24) is 10.3 Å². The molecule has 106 valence electrons. The van der Waals surface area contributed by atoms with Crippen LogP contribution in [-0.4, -0.2) is 16.9 Å². The Hall–Kier alpha value is -1.62. The molecule has 2 aromatic heterocycles. The molecule has 0 bridgehead atoms. The summed E-state index contributed by atoms with van der Waals surface area (Å²) in [6.45, 7) is 8.70. The molecule has 1 fully saturated rings. The van der Waals surface area contributed by atoms with Crippen LogP contribution in [0.3, 0.4) is 0 Å². The number of carbonyl (C=O) groups is 1. The lowest BCUT2D eigenvalue weighted by Gasteiger charge is -2.05. The first-order valence-corrected chi connectivity index (χ1v) is 7.52. The minimum absolute atomic E-state index is 0.0888. The van der Waals surface area contributed by atoms with E-state index in [0.717, 1.165) is 10.2 Å². The molecule has 3 N–H and O–H groups in total. The third kappa shape index (κ3) is 1.66. The SMILES string of the molecule is CC1(C)C(NC(=O)c2sc3ncccc3c2N)C1(C)C. The molecule has 0 radical (unpaired) electrons. The summed E-state index contributed by atoms with van der Waals surface area (Å²) in [4.78, 5) is 18.1. The average Bonchev–Trinajstić information content (AvgIpc) is 2.70. The summed E-state index contributed by atoms with van der Waals surface area (Å²) < 4.78 is 0. The van der Waals surface area contributed by atoms with Crippen molar-refractivity contribution in [3.8, 4) is 0 Å². The molecule has 20 heavy (non-hydrogen) atoms. The number of anilines is 1. The predicted molar refractivity (Wildman–Crippen MR) is 82.8 cm³/mol. The zero-order chi connectivity index (χ0) is 14.7. The molecule has 0 aliphatic heterocycles. The van der Waals surface area contributed by atoms with E-state index in [1.807, 2.05) is 12.1 Å². The molecule has 1 amide bonds. The standard InChI is InChI=1S/C15H19N3OS/c1-14(2)13(15(14,3)4)18-11(19)10-9(16)8-6-5-7-17-12(8)20-10/h5-7,13H,16H2,1-4H3,(H,18,19). The smallest absolute Gasteiger partial charge is 0.263 e. The molecule has 1 aliphatic carbocycles. The summed E-state index contributed by atoms with van der Waals surface area (Å²) in [5.74, 6) is -0.0888. The van der Waals surface area contributed by atoms with Crippen LogP contribution in [0.1, 0.15) is 37.4 Å². The lowest BCUT2D eigenvalue weighted by atomic mass is 10.0. The summed E-state index contributed by atoms with van der Waals surface area (Å²) in [5.41, 5.74) is 6.85. The van der Waals surface area contributed by atoms with E-state index in [-0.39, 0.29) is 22.8 Å². The Morgan fingerprint density at radius 3 is 2.55 bits per heavy atom. The van der Waals surface area contributed by atoms with Gasteiger partial charge in [0.2, 0.25) is 0 Å². The number of fused-ring (bicyclic) bond motifs is 1. The average molecular weight is 289 g/mol. The highest BCUT2D eigenvalue weighted by atomic mass is 32.1. The van der Waals surface area contributed by atoms with Gasteiger partial charge in [-0.3, -0.25) is 4.79 Å². The van der Waals surface area contributed by atoms with Crippen molar-refractivity contribution in [2.75, 3.05) is 5.73 Å². The Balaban J connectivity index is 1.89. The molecule has 5 heteroatoms. The number of nitrogen functional groups attached to an aromatic ring is 1. The second-order valence-electron chi connectivity index (χ2n) is 6.55. The van der Waals surface area contributed by atoms with Crippen molar-refractivity contribution in [3.63, 3.8) is 0 Å². The number of hydrogen-bond donors (Lipinski definition) is 2. The van der Waals surface area contributed by atoms with E-state index in [1.165, 1.54) is 11.3 Å².